The van der Waals surface area contributed by atoms with Crippen LogP contribution >= 0.6 is 11.6 Å². The number of aromatic nitrogens is 2. The van der Waals surface area contributed by atoms with Gasteiger partial charge in [0, 0.05) is 24.0 Å². The lowest BCUT2D eigenvalue weighted by Gasteiger charge is -2.20. The molecular formula is C14H18ClN3. The summed E-state index contributed by atoms with van der Waals surface area (Å²) in [4.78, 5) is 4.46. The fourth-order valence-electron chi connectivity index (χ4n) is 2.21. The minimum absolute atomic E-state index is 0.0682. The molecule has 0 aliphatic rings. The predicted molar refractivity (Wildman–Crippen MR) is 75.0 cm³/mol. The van der Waals surface area contributed by atoms with E-state index in [4.69, 9.17) is 11.6 Å². The molecule has 1 unspecified atom stereocenters. The Labute approximate surface area is 113 Å². The minimum atomic E-state index is 0.0682. The van der Waals surface area contributed by atoms with Crippen molar-refractivity contribution in [3.8, 4) is 0 Å². The van der Waals surface area contributed by atoms with Crippen LogP contribution < -0.4 is 5.32 Å². The standard InChI is InChI=1S/C14H18ClN3/c1-4-18-9-8-17-14(18)13(16-3)11-6-5-7-12(15)10(11)2/h5-9,13,16H,4H2,1-3H3. The monoisotopic (exact) mass is 263 g/mol. The Kier molecular flexibility index (Phi) is 4.04. The van der Waals surface area contributed by atoms with E-state index in [9.17, 15) is 0 Å². The van der Waals surface area contributed by atoms with Gasteiger partial charge in [-0.2, -0.15) is 0 Å². The van der Waals surface area contributed by atoms with Gasteiger partial charge in [-0.15, -0.1) is 0 Å². The third kappa shape index (κ3) is 2.28. The van der Waals surface area contributed by atoms with Crippen molar-refractivity contribution in [2.45, 2.75) is 26.4 Å². The average Bonchev–Trinajstić information content (AvgIpc) is 2.83. The molecule has 1 aromatic heterocycles. The maximum Gasteiger partial charge on any atom is 0.130 e. The van der Waals surface area contributed by atoms with Crippen molar-refractivity contribution in [1.29, 1.82) is 0 Å². The molecule has 4 heteroatoms. The van der Waals surface area contributed by atoms with Crippen molar-refractivity contribution in [2.75, 3.05) is 7.05 Å². The Bertz CT molecular complexity index is 534. The van der Waals surface area contributed by atoms with Crippen LogP contribution in [0.3, 0.4) is 0 Å². The van der Waals surface area contributed by atoms with E-state index in [2.05, 4.69) is 27.9 Å². The van der Waals surface area contributed by atoms with Gasteiger partial charge in [0.15, 0.2) is 0 Å². The number of aryl methyl sites for hydroxylation is 1. The Morgan fingerprint density at radius 3 is 2.89 bits per heavy atom. The predicted octanol–water partition coefficient (Wildman–Crippen LogP) is 3.17. The first-order valence-corrected chi connectivity index (χ1v) is 6.50. The van der Waals surface area contributed by atoms with E-state index in [0.29, 0.717) is 0 Å². The normalized spacial score (nSPS) is 12.7. The van der Waals surface area contributed by atoms with Crippen molar-refractivity contribution < 1.29 is 0 Å². The van der Waals surface area contributed by atoms with Crippen LogP contribution in [0.25, 0.3) is 0 Å². The second-order valence-corrected chi connectivity index (χ2v) is 4.65. The SMILES string of the molecule is CCn1ccnc1C(NC)c1cccc(Cl)c1C. The number of benzene rings is 1. The summed E-state index contributed by atoms with van der Waals surface area (Å²) in [5.41, 5.74) is 2.27. The third-order valence-corrected chi connectivity index (χ3v) is 3.67. The molecule has 0 aliphatic carbocycles. The van der Waals surface area contributed by atoms with Crippen LogP contribution in [0, 0.1) is 6.92 Å². The molecule has 1 atom stereocenters. The van der Waals surface area contributed by atoms with Crippen molar-refractivity contribution in [2.24, 2.45) is 0 Å². The molecule has 1 aromatic carbocycles. The first-order valence-electron chi connectivity index (χ1n) is 6.12. The lowest BCUT2D eigenvalue weighted by molar-refractivity contribution is 0.588. The van der Waals surface area contributed by atoms with E-state index < -0.39 is 0 Å². The van der Waals surface area contributed by atoms with Crippen LogP contribution in [-0.4, -0.2) is 16.6 Å². The quantitative estimate of drug-likeness (QED) is 0.918. The second kappa shape index (κ2) is 5.55. The van der Waals surface area contributed by atoms with E-state index >= 15 is 0 Å². The third-order valence-electron chi connectivity index (χ3n) is 3.26. The highest BCUT2D eigenvalue weighted by Crippen LogP contribution is 2.27. The van der Waals surface area contributed by atoms with Crippen molar-refractivity contribution in [3.63, 3.8) is 0 Å². The summed E-state index contributed by atoms with van der Waals surface area (Å²) in [7, 11) is 1.94. The lowest BCUT2D eigenvalue weighted by Crippen LogP contribution is -2.22. The van der Waals surface area contributed by atoms with Gasteiger partial charge >= 0.3 is 0 Å². The number of rotatable bonds is 4. The molecule has 96 valence electrons. The highest BCUT2D eigenvalue weighted by Gasteiger charge is 2.19. The first-order chi connectivity index (χ1) is 8.69. The summed E-state index contributed by atoms with van der Waals surface area (Å²) in [6.07, 6.45) is 3.84. The van der Waals surface area contributed by atoms with Gasteiger partial charge in [0.05, 0.1) is 6.04 Å². The molecule has 0 aliphatic heterocycles. The Balaban J connectivity index is 2.49. The van der Waals surface area contributed by atoms with Crippen LogP contribution in [-0.2, 0) is 6.54 Å². The van der Waals surface area contributed by atoms with E-state index in [1.165, 1.54) is 5.56 Å². The van der Waals surface area contributed by atoms with Crippen molar-refractivity contribution in [3.05, 3.63) is 52.6 Å². The Morgan fingerprint density at radius 2 is 2.22 bits per heavy atom. The zero-order valence-electron chi connectivity index (χ0n) is 10.9. The number of hydrogen-bond donors (Lipinski definition) is 1. The van der Waals surface area contributed by atoms with Gasteiger partial charge in [-0.3, -0.25) is 0 Å². The molecule has 0 radical (unpaired) electrons. The minimum Gasteiger partial charge on any atom is -0.334 e. The molecule has 1 N–H and O–H groups in total. The van der Waals surface area contributed by atoms with E-state index in [1.807, 2.05) is 38.5 Å². The summed E-state index contributed by atoms with van der Waals surface area (Å²) in [6.45, 7) is 5.07. The van der Waals surface area contributed by atoms with E-state index in [0.717, 1.165) is 23.0 Å². The lowest BCUT2D eigenvalue weighted by atomic mass is 10.0. The van der Waals surface area contributed by atoms with E-state index in [1.54, 1.807) is 0 Å². The zero-order valence-corrected chi connectivity index (χ0v) is 11.7. The van der Waals surface area contributed by atoms with Crippen LogP contribution in [0.5, 0.6) is 0 Å². The molecule has 0 saturated carbocycles. The van der Waals surface area contributed by atoms with Crippen molar-refractivity contribution >= 4 is 11.6 Å². The molecular weight excluding hydrogens is 246 g/mol. The number of nitrogens with one attached hydrogen (secondary N) is 1. The van der Waals surface area contributed by atoms with Gasteiger partial charge in [0.1, 0.15) is 5.82 Å². The van der Waals surface area contributed by atoms with E-state index in [-0.39, 0.29) is 6.04 Å². The van der Waals surface area contributed by atoms with Gasteiger partial charge in [-0.25, -0.2) is 4.98 Å². The molecule has 3 nitrogen and oxygen atoms in total. The van der Waals surface area contributed by atoms with Gasteiger partial charge in [0.2, 0.25) is 0 Å². The first kappa shape index (κ1) is 13.1. The fraction of sp³-hybridized carbons (Fsp3) is 0.357. The molecule has 0 fully saturated rings. The molecule has 2 rings (SSSR count). The number of halogens is 1. The van der Waals surface area contributed by atoms with Crippen LogP contribution in [0.15, 0.2) is 30.6 Å². The molecule has 0 spiro atoms. The summed E-state index contributed by atoms with van der Waals surface area (Å²) < 4.78 is 2.14. The zero-order chi connectivity index (χ0) is 13.1. The number of imidazole rings is 1. The van der Waals surface area contributed by atoms with Crippen LogP contribution in [0.1, 0.15) is 29.9 Å². The molecule has 1 heterocycles. The topological polar surface area (TPSA) is 29.9 Å². The van der Waals surface area contributed by atoms with Crippen LogP contribution in [0.4, 0.5) is 0 Å². The highest BCUT2D eigenvalue weighted by atomic mass is 35.5. The maximum atomic E-state index is 6.19. The molecule has 2 aromatic rings. The molecule has 0 saturated heterocycles. The van der Waals surface area contributed by atoms with Crippen LogP contribution in [0.2, 0.25) is 5.02 Å². The summed E-state index contributed by atoms with van der Waals surface area (Å²) in [6, 6.07) is 6.06. The smallest absolute Gasteiger partial charge is 0.130 e. The second-order valence-electron chi connectivity index (χ2n) is 4.25. The molecule has 0 bridgehead atoms. The summed E-state index contributed by atoms with van der Waals surface area (Å²) in [5.74, 6) is 1.02. The largest absolute Gasteiger partial charge is 0.334 e. The highest BCUT2D eigenvalue weighted by molar-refractivity contribution is 6.31. The summed E-state index contributed by atoms with van der Waals surface area (Å²) >= 11 is 6.19. The van der Waals surface area contributed by atoms with Gasteiger partial charge in [-0.05, 0) is 38.1 Å². The maximum absolute atomic E-state index is 6.19. The summed E-state index contributed by atoms with van der Waals surface area (Å²) in [5, 5.41) is 4.12. The Hall–Kier alpha value is -1.32. The average molecular weight is 264 g/mol. The van der Waals surface area contributed by atoms with Gasteiger partial charge in [0.25, 0.3) is 0 Å². The van der Waals surface area contributed by atoms with Gasteiger partial charge < -0.3 is 9.88 Å². The molecule has 18 heavy (non-hydrogen) atoms. The Morgan fingerprint density at radius 1 is 1.44 bits per heavy atom. The fourth-order valence-corrected chi connectivity index (χ4v) is 2.39. The number of nitrogens with zero attached hydrogens (tertiary/aromatic N) is 2. The van der Waals surface area contributed by atoms with Gasteiger partial charge in [-0.1, -0.05) is 23.7 Å². The number of hydrogen-bond acceptors (Lipinski definition) is 2. The van der Waals surface area contributed by atoms with Crippen molar-refractivity contribution in [1.82, 2.24) is 14.9 Å². The molecule has 0 amide bonds.